The number of para-hydroxylation sites is 1. The first kappa shape index (κ1) is 33.6. The maximum atomic E-state index is 2.42. The van der Waals surface area contributed by atoms with Crippen LogP contribution in [-0.2, 0) is 6.42 Å². The predicted molar refractivity (Wildman–Crippen MR) is 244 cm³/mol. The van der Waals surface area contributed by atoms with E-state index >= 15 is 0 Å². The third-order valence-corrected chi connectivity index (χ3v) is 12.9. The Morgan fingerprint density at radius 2 is 1.05 bits per heavy atom. The lowest BCUT2D eigenvalue weighted by atomic mass is 9.98. The summed E-state index contributed by atoms with van der Waals surface area (Å²) < 4.78 is 3.76. The van der Waals surface area contributed by atoms with Crippen molar-refractivity contribution in [2.45, 2.75) is 25.7 Å². The van der Waals surface area contributed by atoms with Gasteiger partial charge in [0.25, 0.3) is 0 Å². The number of anilines is 3. The number of thiophene rings is 1. The van der Waals surface area contributed by atoms with Gasteiger partial charge in [0.15, 0.2) is 0 Å². The minimum absolute atomic E-state index is 1.08. The van der Waals surface area contributed by atoms with Crippen molar-refractivity contribution < 1.29 is 0 Å². The van der Waals surface area contributed by atoms with Crippen molar-refractivity contribution in [2.24, 2.45) is 0 Å². The van der Waals surface area contributed by atoms with E-state index in [1.54, 1.807) is 0 Å². The highest BCUT2D eigenvalue weighted by atomic mass is 32.1. The Balaban J connectivity index is 0.924. The number of nitrogens with zero attached hydrogens (tertiary/aromatic N) is 2. The Bertz CT molecular complexity index is 3080. The zero-order valence-corrected chi connectivity index (χ0v) is 32.4. The molecule has 0 radical (unpaired) electrons. The fourth-order valence-corrected chi connectivity index (χ4v) is 10.1. The second kappa shape index (κ2) is 14.1. The molecule has 0 aliphatic heterocycles. The molecule has 0 bridgehead atoms. The third-order valence-electron chi connectivity index (χ3n) is 11.7. The number of fused-ring (bicyclic) bond motifs is 6. The van der Waals surface area contributed by atoms with E-state index in [1.165, 1.54) is 86.8 Å². The first-order chi connectivity index (χ1) is 28.2. The lowest BCUT2D eigenvalue weighted by molar-refractivity contribution is 1.02. The smallest absolute Gasteiger partial charge is 0.0541 e. The van der Waals surface area contributed by atoms with Gasteiger partial charge in [-0.3, -0.25) is 0 Å². The van der Waals surface area contributed by atoms with E-state index in [9.17, 15) is 0 Å². The van der Waals surface area contributed by atoms with Gasteiger partial charge in [-0.2, -0.15) is 0 Å². The van der Waals surface area contributed by atoms with E-state index in [-0.39, 0.29) is 0 Å². The molecule has 11 rings (SSSR count). The maximum absolute atomic E-state index is 2.42. The van der Waals surface area contributed by atoms with Crippen LogP contribution in [0.3, 0.4) is 0 Å². The average Bonchev–Trinajstić information content (AvgIpc) is 3.83. The van der Waals surface area contributed by atoms with E-state index in [0.29, 0.717) is 0 Å². The van der Waals surface area contributed by atoms with E-state index in [4.69, 9.17) is 0 Å². The van der Waals surface area contributed by atoms with Gasteiger partial charge < -0.3 is 9.47 Å². The van der Waals surface area contributed by atoms with Crippen LogP contribution in [0.2, 0.25) is 0 Å². The molecule has 0 atom stereocenters. The number of hydrogen-bond donors (Lipinski definition) is 0. The van der Waals surface area contributed by atoms with Crippen LogP contribution in [0.25, 0.3) is 78.3 Å². The molecule has 0 amide bonds. The summed E-state index contributed by atoms with van der Waals surface area (Å²) in [6, 6.07) is 62.4. The number of benzene rings is 7. The number of allylic oxidation sites excluding steroid dienone is 1. The van der Waals surface area contributed by atoms with Crippen molar-refractivity contribution in [2.75, 3.05) is 4.90 Å². The molecule has 2 heterocycles. The van der Waals surface area contributed by atoms with E-state index in [1.807, 2.05) is 11.3 Å². The van der Waals surface area contributed by atoms with Gasteiger partial charge in [-0.1, -0.05) is 133 Å². The molecule has 0 unspecified atom stereocenters. The largest absolute Gasteiger partial charge is 0.310 e. The second-order valence-corrected chi connectivity index (χ2v) is 16.3. The van der Waals surface area contributed by atoms with Crippen LogP contribution in [-0.4, -0.2) is 4.57 Å². The summed E-state index contributed by atoms with van der Waals surface area (Å²) in [4.78, 5) is 3.89. The standard InChI is InChI=1S/C54H40N2S/c1-3-11-37(12-4-1)39-23-28-44(29-24-39)55(46-32-33-49-48-16-8-10-18-53(48)57-54(49)36-46)45-30-25-40(26-31-45)38-19-21-41(22-20-38)42-27-34-52-50(35-42)47-15-7-9-17-51(47)56(52)43-13-5-2-6-14-43/h1-6,8,11-17,19-36H,7,9-10,18H2. The molecule has 2 aromatic heterocycles. The average molecular weight is 749 g/mol. The van der Waals surface area contributed by atoms with Crippen LogP contribution >= 0.6 is 11.3 Å². The number of aromatic nitrogens is 1. The summed E-state index contributed by atoms with van der Waals surface area (Å²) in [5, 5.41) is 5.33. The summed E-state index contributed by atoms with van der Waals surface area (Å²) >= 11 is 1.95. The zero-order chi connectivity index (χ0) is 37.7. The third kappa shape index (κ3) is 6.03. The highest BCUT2D eigenvalue weighted by Gasteiger charge is 2.18. The Morgan fingerprint density at radius 3 is 1.75 bits per heavy atom. The van der Waals surface area contributed by atoms with Gasteiger partial charge in [-0.25, -0.2) is 0 Å². The van der Waals surface area contributed by atoms with Gasteiger partial charge in [0.05, 0.1) is 5.52 Å². The second-order valence-electron chi connectivity index (χ2n) is 15.1. The molecule has 0 saturated heterocycles. The van der Waals surface area contributed by atoms with Gasteiger partial charge in [0.1, 0.15) is 0 Å². The molecule has 57 heavy (non-hydrogen) atoms. The fraction of sp³-hybridized carbons (Fsp3) is 0.0741. The van der Waals surface area contributed by atoms with Gasteiger partial charge in [-0.05, 0) is 125 Å². The van der Waals surface area contributed by atoms with Gasteiger partial charge in [0, 0.05) is 53.7 Å². The number of rotatable bonds is 7. The van der Waals surface area contributed by atoms with E-state index < -0.39 is 0 Å². The quantitative estimate of drug-likeness (QED) is 0.158. The van der Waals surface area contributed by atoms with Crippen LogP contribution in [0.1, 0.15) is 29.7 Å². The Morgan fingerprint density at radius 1 is 0.474 bits per heavy atom. The molecule has 7 aromatic carbocycles. The van der Waals surface area contributed by atoms with Crippen molar-refractivity contribution in [3.8, 4) is 39.1 Å². The maximum Gasteiger partial charge on any atom is 0.0541 e. The molecule has 2 aliphatic carbocycles. The number of aryl methyl sites for hydroxylation is 1. The van der Waals surface area contributed by atoms with Gasteiger partial charge in [-0.15, -0.1) is 11.3 Å². The van der Waals surface area contributed by atoms with Crippen molar-refractivity contribution in [1.29, 1.82) is 0 Å². The molecule has 2 nitrogen and oxygen atoms in total. The SMILES string of the molecule is C1=Cc2c(sc3cc(N(c4ccc(-c5ccccc5)cc4)c4ccc(-c5ccc(-c6ccc7c(c6)c6c(n7-c7ccccc7)=CCCC=6)cc5)cc4)ccc23)CC1. The summed E-state index contributed by atoms with van der Waals surface area (Å²) in [7, 11) is 0. The summed E-state index contributed by atoms with van der Waals surface area (Å²) in [5.41, 5.74) is 14.6. The minimum atomic E-state index is 1.08. The van der Waals surface area contributed by atoms with Crippen LogP contribution in [0, 0.1) is 0 Å². The Hall–Kier alpha value is -6.68. The van der Waals surface area contributed by atoms with Crippen molar-refractivity contribution in [1.82, 2.24) is 4.57 Å². The van der Waals surface area contributed by atoms with Gasteiger partial charge >= 0.3 is 0 Å². The van der Waals surface area contributed by atoms with Crippen LogP contribution < -0.4 is 15.5 Å². The van der Waals surface area contributed by atoms with Crippen molar-refractivity contribution in [3.63, 3.8) is 0 Å². The first-order valence-corrected chi connectivity index (χ1v) is 20.9. The molecule has 0 N–H and O–H groups in total. The molecule has 272 valence electrons. The first-order valence-electron chi connectivity index (χ1n) is 20.0. The Kier molecular flexibility index (Phi) is 8.33. The molecular formula is C54H40N2S. The van der Waals surface area contributed by atoms with E-state index in [0.717, 1.165) is 37.1 Å². The predicted octanol–water partition coefficient (Wildman–Crippen LogP) is 13.6. The number of hydrogen-bond acceptors (Lipinski definition) is 2. The molecule has 0 saturated carbocycles. The molecular weight excluding hydrogens is 709 g/mol. The van der Waals surface area contributed by atoms with E-state index in [2.05, 4.69) is 204 Å². The molecule has 0 fully saturated rings. The van der Waals surface area contributed by atoms with Crippen molar-refractivity contribution >= 4 is 67.6 Å². The molecule has 9 aromatic rings. The molecule has 0 spiro atoms. The lowest BCUT2D eigenvalue weighted by Crippen LogP contribution is -2.30. The topological polar surface area (TPSA) is 8.17 Å². The summed E-state index contributed by atoms with van der Waals surface area (Å²) in [5.74, 6) is 0. The summed E-state index contributed by atoms with van der Waals surface area (Å²) in [6.07, 6.45) is 13.9. The monoisotopic (exact) mass is 748 g/mol. The molecule has 2 aliphatic rings. The molecule has 3 heteroatoms. The Labute approximate surface area is 337 Å². The normalized spacial score (nSPS) is 13.2. The fourth-order valence-electron chi connectivity index (χ4n) is 8.85. The van der Waals surface area contributed by atoms with Crippen LogP contribution in [0.15, 0.2) is 176 Å². The summed E-state index contributed by atoms with van der Waals surface area (Å²) in [6.45, 7) is 0. The van der Waals surface area contributed by atoms with Crippen LogP contribution in [0.4, 0.5) is 17.1 Å². The van der Waals surface area contributed by atoms with Crippen molar-refractivity contribution in [3.05, 3.63) is 197 Å². The zero-order valence-electron chi connectivity index (χ0n) is 31.6. The minimum Gasteiger partial charge on any atom is -0.310 e. The van der Waals surface area contributed by atoms with Gasteiger partial charge in [0.2, 0.25) is 0 Å². The highest BCUT2D eigenvalue weighted by Crippen LogP contribution is 2.42. The van der Waals surface area contributed by atoms with Crippen LogP contribution in [0.5, 0.6) is 0 Å². The lowest BCUT2D eigenvalue weighted by Gasteiger charge is -2.26. The highest BCUT2D eigenvalue weighted by molar-refractivity contribution is 7.19.